The molecule has 2 N–H and O–H groups in total. The fraction of sp³-hybridized carbons (Fsp3) is 1.00. The number of hydrogen-bond donors (Lipinski definition) is 2. The van der Waals surface area contributed by atoms with Crippen LogP contribution in [0.1, 0.15) is 51.4 Å². The van der Waals surface area contributed by atoms with Crippen LogP contribution in [0.15, 0.2) is 0 Å². The molecule has 0 heterocycles. The molecule has 0 aliphatic heterocycles. The van der Waals surface area contributed by atoms with Crippen LogP contribution in [-0.2, 0) is 0 Å². The monoisotopic (exact) mass is 279 g/mol. The molecule has 0 amide bonds. The van der Waals surface area contributed by atoms with Crippen LogP contribution in [0.4, 0.5) is 13.2 Å². The Hall–Kier alpha value is -0.290. The first-order valence-electron chi connectivity index (χ1n) is 7.42. The fourth-order valence-corrected chi connectivity index (χ4v) is 3.48. The van der Waals surface area contributed by atoms with Crippen LogP contribution in [-0.4, -0.2) is 30.0 Å². The molecule has 2 aliphatic carbocycles. The summed E-state index contributed by atoms with van der Waals surface area (Å²) in [5.74, 6) is -0.722. The average Bonchev–Trinajstić information content (AvgIpc) is 2.39. The quantitative estimate of drug-likeness (QED) is 0.831. The van der Waals surface area contributed by atoms with Gasteiger partial charge in [0.05, 0.1) is 5.92 Å². The van der Waals surface area contributed by atoms with Gasteiger partial charge in [-0.15, -0.1) is 0 Å². The van der Waals surface area contributed by atoms with Gasteiger partial charge in [0.15, 0.2) is 0 Å². The van der Waals surface area contributed by atoms with Crippen molar-refractivity contribution in [2.75, 3.05) is 6.61 Å². The van der Waals surface area contributed by atoms with E-state index in [9.17, 15) is 13.2 Å². The van der Waals surface area contributed by atoms with Gasteiger partial charge in [0.2, 0.25) is 0 Å². The largest absolute Gasteiger partial charge is 0.396 e. The Morgan fingerprint density at radius 2 is 1.63 bits per heavy atom. The third kappa shape index (κ3) is 4.35. The summed E-state index contributed by atoms with van der Waals surface area (Å²) < 4.78 is 38.2. The molecular formula is C14H24F3NO. The Labute approximate surface area is 112 Å². The minimum absolute atomic E-state index is 0.0241. The molecule has 0 radical (unpaired) electrons. The minimum Gasteiger partial charge on any atom is -0.396 e. The van der Waals surface area contributed by atoms with E-state index in [1.165, 1.54) is 0 Å². The van der Waals surface area contributed by atoms with E-state index >= 15 is 0 Å². The highest BCUT2D eigenvalue weighted by Crippen LogP contribution is 2.38. The topological polar surface area (TPSA) is 32.3 Å². The van der Waals surface area contributed by atoms with Crippen LogP contribution in [0.5, 0.6) is 0 Å². The van der Waals surface area contributed by atoms with Crippen LogP contribution in [0.2, 0.25) is 0 Å². The first-order valence-corrected chi connectivity index (χ1v) is 7.42. The van der Waals surface area contributed by atoms with E-state index in [1.54, 1.807) is 0 Å². The molecule has 0 saturated heterocycles. The first kappa shape index (κ1) is 15.1. The zero-order chi connectivity index (χ0) is 13.9. The Balaban J connectivity index is 1.77. The number of halogens is 3. The number of aliphatic hydroxyl groups is 1. The van der Waals surface area contributed by atoms with Crippen molar-refractivity contribution in [2.24, 2.45) is 11.8 Å². The van der Waals surface area contributed by atoms with Gasteiger partial charge in [-0.3, -0.25) is 0 Å². The van der Waals surface area contributed by atoms with Gasteiger partial charge in [0.1, 0.15) is 0 Å². The highest BCUT2D eigenvalue weighted by atomic mass is 19.4. The number of rotatable bonds is 3. The first-order chi connectivity index (χ1) is 8.99. The lowest BCUT2D eigenvalue weighted by atomic mass is 9.82. The van der Waals surface area contributed by atoms with Gasteiger partial charge in [0.25, 0.3) is 0 Å². The van der Waals surface area contributed by atoms with Crippen molar-refractivity contribution < 1.29 is 18.3 Å². The van der Waals surface area contributed by atoms with E-state index in [0.29, 0.717) is 24.8 Å². The lowest BCUT2D eigenvalue weighted by Gasteiger charge is -2.36. The third-order valence-corrected chi connectivity index (χ3v) is 4.71. The molecule has 2 saturated carbocycles. The van der Waals surface area contributed by atoms with E-state index in [2.05, 4.69) is 5.32 Å². The fourth-order valence-electron chi connectivity index (χ4n) is 3.48. The molecule has 0 spiro atoms. The summed E-state index contributed by atoms with van der Waals surface area (Å²) >= 11 is 0. The lowest BCUT2D eigenvalue weighted by molar-refractivity contribution is -0.184. The predicted octanol–water partition coefficient (Wildman–Crippen LogP) is 3.25. The van der Waals surface area contributed by atoms with Crippen LogP contribution >= 0.6 is 0 Å². The van der Waals surface area contributed by atoms with Crippen LogP contribution < -0.4 is 5.32 Å². The summed E-state index contributed by atoms with van der Waals surface area (Å²) in [5, 5.41) is 12.5. The molecule has 2 fully saturated rings. The SMILES string of the molecule is OCC1CCC(N[C@@H]2CCC[C@@H](C(F)(F)F)C2)CC1. The maximum Gasteiger partial charge on any atom is 0.391 e. The predicted molar refractivity (Wildman–Crippen MR) is 67.8 cm³/mol. The maximum absolute atomic E-state index is 12.7. The average molecular weight is 279 g/mol. The summed E-state index contributed by atoms with van der Waals surface area (Å²) in [5.41, 5.74) is 0. The smallest absolute Gasteiger partial charge is 0.391 e. The number of nitrogens with one attached hydrogen (secondary N) is 1. The molecule has 5 heteroatoms. The lowest BCUT2D eigenvalue weighted by Crippen LogP contribution is -2.45. The second-order valence-corrected chi connectivity index (χ2v) is 6.17. The standard InChI is InChI=1S/C14H24F3NO/c15-14(16,17)11-2-1-3-13(8-11)18-12-6-4-10(9-19)5-7-12/h10-13,18-19H,1-9H2/t10?,11-,12?,13-/m1/s1. The van der Waals surface area contributed by atoms with Crippen molar-refractivity contribution in [2.45, 2.75) is 69.6 Å². The van der Waals surface area contributed by atoms with Crippen LogP contribution in [0.25, 0.3) is 0 Å². The number of aliphatic hydroxyl groups excluding tert-OH is 1. The van der Waals surface area contributed by atoms with Gasteiger partial charge in [0, 0.05) is 18.7 Å². The van der Waals surface area contributed by atoms with Crippen molar-refractivity contribution in [3.8, 4) is 0 Å². The number of alkyl halides is 3. The van der Waals surface area contributed by atoms with Gasteiger partial charge in [-0.25, -0.2) is 0 Å². The number of hydrogen-bond acceptors (Lipinski definition) is 2. The minimum atomic E-state index is -4.03. The normalized spacial score (nSPS) is 37.3. The van der Waals surface area contributed by atoms with Gasteiger partial charge in [-0.2, -0.15) is 13.2 Å². The Morgan fingerprint density at radius 3 is 2.21 bits per heavy atom. The molecule has 0 aromatic heterocycles. The van der Waals surface area contributed by atoms with Crippen molar-refractivity contribution in [3.63, 3.8) is 0 Å². The summed E-state index contributed by atoms with van der Waals surface area (Å²) in [6.07, 6.45) is 1.99. The summed E-state index contributed by atoms with van der Waals surface area (Å²) in [7, 11) is 0. The third-order valence-electron chi connectivity index (χ3n) is 4.71. The van der Waals surface area contributed by atoms with Crippen molar-refractivity contribution in [3.05, 3.63) is 0 Å². The van der Waals surface area contributed by atoms with Gasteiger partial charge >= 0.3 is 6.18 Å². The van der Waals surface area contributed by atoms with Crippen LogP contribution in [0.3, 0.4) is 0 Å². The molecule has 19 heavy (non-hydrogen) atoms. The van der Waals surface area contributed by atoms with E-state index in [4.69, 9.17) is 5.11 Å². The van der Waals surface area contributed by atoms with Gasteiger partial charge in [-0.1, -0.05) is 6.42 Å². The molecular weight excluding hydrogens is 255 g/mol. The van der Waals surface area contributed by atoms with E-state index in [0.717, 1.165) is 32.1 Å². The van der Waals surface area contributed by atoms with Gasteiger partial charge < -0.3 is 10.4 Å². The van der Waals surface area contributed by atoms with Crippen LogP contribution in [0, 0.1) is 11.8 Å². The summed E-state index contributed by atoms with van der Waals surface area (Å²) in [6, 6.07) is 0.371. The molecule has 2 atom stereocenters. The molecule has 0 unspecified atom stereocenters. The summed E-state index contributed by atoms with van der Waals surface area (Å²) in [6.45, 7) is 0.242. The highest BCUT2D eigenvalue weighted by molar-refractivity contribution is 4.86. The second-order valence-electron chi connectivity index (χ2n) is 6.17. The van der Waals surface area contributed by atoms with Gasteiger partial charge in [-0.05, 0) is 50.9 Å². The van der Waals surface area contributed by atoms with E-state index in [-0.39, 0.29) is 19.1 Å². The van der Waals surface area contributed by atoms with E-state index < -0.39 is 12.1 Å². The molecule has 0 aromatic rings. The Morgan fingerprint density at radius 1 is 0.947 bits per heavy atom. The molecule has 2 aliphatic rings. The van der Waals surface area contributed by atoms with Crippen molar-refractivity contribution in [1.82, 2.24) is 5.32 Å². The molecule has 0 aromatic carbocycles. The second kappa shape index (κ2) is 6.44. The maximum atomic E-state index is 12.7. The van der Waals surface area contributed by atoms with E-state index in [1.807, 2.05) is 0 Å². The molecule has 0 bridgehead atoms. The van der Waals surface area contributed by atoms with Crippen molar-refractivity contribution in [1.29, 1.82) is 0 Å². The molecule has 2 rings (SSSR count). The Bertz CT molecular complexity index is 274. The van der Waals surface area contributed by atoms with Crippen molar-refractivity contribution >= 4 is 0 Å². The molecule has 2 nitrogen and oxygen atoms in total. The highest BCUT2D eigenvalue weighted by Gasteiger charge is 2.42. The summed E-state index contributed by atoms with van der Waals surface area (Å²) in [4.78, 5) is 0. The molecule has 112 valence electrons. The zero-order valence-electron chi connectivity index (χ0n) is 11.3. The Kier molecular flexibility index (Phi) is 5.12. The zero-order valence-corrected chi connectivity index (χ0v) is 11.3.